The number of carbonyl (C=O) groups excluding carboxylic acids is 2. The maximum atomic E-state index is 12.8. The highest BCUT2D eigenvalue weighted by molar-refractivity contribution is 9.10. The molecule has 136 valence electrons. The predicted molar refractivity (Wildman–Crippen MR) is 109 cm³/mol. The van der Waals surface area contributed by atoms with Crippen LogP contribution in [0.5, 0.6) is 0 Å². The molecule has 5 nitrogen and oxygen atoms in total. The molecule has 26 heavy (non-hydrogen) atoms. The van der Waals surface area contributed by atoms with Crippen LogP contribution < -0.4 is 15.1 Å². The molecule has 0 spiro atoms. The lowest BCUT2D eigenvalue weighted by atomic mass is 10.1. The first kappa shape index (κ1) is 18.5. The van der Waals surface area contributed by atoms with Crippen LogP contribution in [-0.2, 0) is 9.59 Å². The Hall–Kier alpha value is -2.34. The second kappa shape index (κ2) is 7.91. The van der Waals surface area contributed by atoms with E-state index >= 15 is 0 Å². The zero-order valence-corrected chi connectivity index (χ0v) is 16.5. The van der Waals surface area contributed by atoms with E-state index in [9.17, 15) is 9.59 Å². The molecule has 1 aliphatic heterocycles. The first-order valence-electron chi connectivity index (χ1n) is 8.69. The molecular weight excluding hydrogens is 394 g/mol. The molecule has 2 amide bonds. The Labute approximate surface area is 162 Å². The number of nitrogens with zero attached hydrogens (tertiary/aromatic N) is 2. The van der Waals surface area contributed by atoms with E-state index in [0.29, 0.717) is 13.0 Å². The van der Waals surface area contributed by atoms with Crippen LogP contribution in [0.4, 0.5) is 17.1 Å². The Morgan fingerprint density at radius 1 is 1.27 bits per heavy atom. The smallest absolute Gasteiger partial charge is 0.239 e. The number of para-hydroxylation sites is 2. The van der Waals surface area contributed by atoms with Crippen molar-refractivity contribution in [2.24, 2.45) is 5.92 Å². The summed E-state index contributed by atoms with van der Waals surface area (Å²) in [6.45, 7) is 3.42. The molecule has 2 aromatic rings. The van der Waals surface area contributed by atoms with Crippen molar-refractivity contribution >= 4 is 44.8 Å². The van der Waals surface area contributed by atoms with Gasteiger partial charge in [-0.25, -0.2) is 0 Å². The van der Waals surface area contributed by atoms with Gasteiger partial charge in [0.1, 0.15) is 5.92 Å². The van der Waals surface area contributed by atoms with Gasteiger partial charge in [-0.2, -0.15) is 0 Å². The van der Waals surface area contributed by atoms with E-state index in [2.05, 4.69) is 33.1 Å². The summed E-state index contributed by atoms with van der Waals surface area (Å²) in [5, 5.41) is 2.94. The Balaban J connectivity index is 1.75. The van der Waals surface area contributed by atoms with Gasteiger partial charge in [0.2, 0.25) is 11.8 Å². The van der Waals surface area contributed by atoms with E-state index in [1.54, 1.807) is 4.90 Å². The van der Waals surface area contributed by atoms with Crippen molar-refractivity contribution in [1.82, 2.24) is 0 Å². The van der Waals surface area contributed by atoms with E-state index in [0.717, 1.165) is 28.1 Å². The molecule has 1 fully saturated rings. The zero-order valence-electron chi connectivity index (χ0n) is 14.9. The molecule has 1 aliphatic rings. The number of hydrogen-bond donors (Lipinski definition) is 1. The van der Waals surface area contributed by atoms with E-state index in [-0.39, 0.29) is 11.8 Å². The van der Waals surface area contributed by atoms with Crippen LogP contribution in [0.15, 0.2) is 53.0 Å². The minimum absolute atomic E-state index is 0.151. The van der Waals surface area contributed by atoms with E-state index in [1.807, 2.05) is 55.6 Å². The van der Waals surface area contributed by atoms with Crippen LogP contribution in [-0.4, -0.2) is 32.0 Å². The van der Waals surface area contributed by atoms with Crippen LogP contribution in [0.2, 0.25) is 0 Å². The van der Waals surface area contributed by atoms with Gasteiger partial charge in [0.15, 0.2) is 0 Å². The molecule has 3 rings (SSSR count). The Bertz CT molecular complexity index is 824. The third-order valence-corrected chi connectivity index (χ3v) is 5.18. The summed E-state index contributed by atoms with van der Waals surface area (Å²) in [6.07, 6.45) is 0.517. The van der Waals surface area contributed by atoms with Crippen molar-refractivity contribution in [1.29, 1.82) is 0 Å². The van der Waals surface area contributed by atoms with Gasteiger partial charge in [-0.15, -0.1) is 0 Å². The first-order chi connectivity index (χ1) is 12.5. The Morgan fingerprint density at radius 2 is 2.04 bits per heavy atom. The van der Waals surface area contributed by atoms with E-state index in [1.165, 1.54) is 0 Å². The molecular formula is C20H22BrN3O2. The molecule has 0 bridgehead atoms. The molecule has 1 unspecified atom stereocenters. The minimum atomic E-state index is -0.658. The van der Waals surface area contributed by atoms with Gasteiger partial charge in [-0.1, -0.05) is 34.1 Å². The van der Waals surface area contributed by atoms with Crippen molar-refractivity contribution in [2.75, 3.05) is 35.3 Å². The maximum Gasteiger partial charge on any atom is 0.239 e. The highest BCUT2D eigenvalue weighted by atomic mass is 79.9. The highest BCUT2D eigenvalue weighted by Gasteiger charge is 2.37. The normalized spacial score (nSPS) is 16.7. The molecule has 1 saturated heterocycles. The third kappa shape index (κ3) is 3.75. The quantitative estimate of drug-likeness (QED) is 0.753. The lowest BCUT2D eigenvalue weighted by Gasteiger charge is -2.21. The van der Waals surface area contributed by atoms with Crippen LogP contribution >= 0.6 is 15.9 Å². The molecule has 0 radical (unpaired) electrons. The lowest BCUT2D eigenvalue weighted by Crippen LogP contribution is -2.33. The predicted octanol–water partition coefficient (Wildman–Crippen LogP) is 3.90. The number of carbonyl (C=O) groups is 2. The first-order valence-corrected chi connectivity index (χ1v) is 9.48. The minimum Gasteiger partial charge on any atom is -0.373 e. The zero-order chi connectivity index (χ0) is 18.7. The third-order valence-electron chi connectivity index (χ3n) is 4.69. The standard InChI is InChI=1S/C20H22BrN3O2/c1-3-23(2)18-10-5-4-9-17(18)22-19(25)16-11-12-24(20(16)26)15-8-6-7-14(21)13-15/h4-10,13,16H,3,11-12H2,1-2H3,(H,22,25). The van der Waals surface area contributed by atoms with Crippen LogP contribution in [0.25, 0.3) is 0 Å². The largest absolute Gasteiger partial charge is 0.373 e. The topological polar surface area (TPSA) is 52.7 Å². The van der Waals surface area contributed by atoms with Gasteiger partial charge in [0, 0.05) is 30.3 Å². The molecule has 6 heteroatoms. The van der Waals surface area contributed by atoms with Gasteiger partial charge < -0.3 is 15.1 Å². The fraction of sp³-hybridized carbons (Fsp3) is 0.300. The molecule has 1 N–H and O–H groups in total. The summed E-state index contributed by atoms with van der Waals surface area (Å²) in [5.41, 5.74) is 2.49. The highest BCUT2D eigenvalue weighted by Crippen LogP contribution is 2.30. The fourth-order valence-electron chi connectivity index (χ4n) is 3.13. The average Bonchev–Trinajstić information content (AvgIpc) is 3.03. The van der Waals surface area contributed by atoms with Gasteiger partial charge in [-0.05, 0) is 43.7 Å². The molecule has 1 atom stereocenters. The number of halogens is 1. The Morgan fingerprint density at radius 3 is 2.77 bits per heavy atom. The summed E-state index contributed by atoms with van der Waals surface area (Å²) in [4.78, 5) is 29.2. The molecule has 1 heterocycles. The second-order valence-electron chi connectivity index (χ2n) is 6.33. The van der Waals surface area contributed by atoms with Crippen molar-refractivity contribution in [2.45, 2.75) is 13.3 Å². The fourth-order valence-corrected chi connectivity index (χ4v) is 3.51. The maximum absolute atomic E-state index is 12.8. The summed E-state index contributed by atoms with van der Waals surface area (Å²) in [5.74, 6) is -1.06. The summed E-state index contributed by atoms with van der Waals surface area (Å²) < 4.78 is 0.909. The van der Waals surface area contributed by atoms with Gasteiger partial charge in [0.25, 0.3) is 0 Å². The summed E-state index contributed by atoms with van der Waals surface area (Å²) >= 11 is 3.42. The molecule has 0 aromatic heterocycles. The molecule has 0 aliphatic carbocycles. The summed E-state index contributed by atoms with van der Waals surface area (Å²) in [6, 6.07) is 15.2. The van der Waals surface area contributed by atoms with Crippen molar-refractivity contribution in [3.63, 3.8) is 0 Å². The average molecular weight is 416 g/mol. The van der Waals surface area contributed by atoms with Crippen molar-refractivity contribution in [3.05, 3.63) is 53.0 Å². The summed E-state index contributed by atoms with van der Waals surface area (Å²) in [7, 11) is 1.97. The molecule has 0 saturated carbocycles. The lowest BCUT2D eigenvalue weighted by molar-refractivity contribution is -0.129. The number of benzene rings is 2. The van der Waals surface area contributed by atoms with Gasteiger partial charge in [-0.3, -0.25) is 9.59 Å². The van der Waals surface area contributed by atoms with E-state index in [4.69, 9.17) is 0 Å². The van der Waals surface area contributed by atoms with Gasteiger partial charge >= 0.3 is 0 Å². The van der Waals surface area contributed by atoms with Crippen molar-refractivity contribution in [3.8, 4) is 0 Å². The van der Waals surface area contributed by atoms with Gasteiger partial charge in [0.05, 0.1) is 11.4 Å². The SMILES string of the molecule is CCN(C)c1ccccc1NC(=O)C1CCN(c2cccc(Br)c2)C1=O. The van der Waals surface area contributed by atoms with Crippen molar-refractivity contribution < 1.29 is 9.59 Å². The number of amides is 2. The van der Waals surface area contributed by atoms with Crippen LogP contribution in [0.3, 0.4) is 0 Å². The number of nitrogens with one attached hydrogen (secondary N) is 1. The molecule has 2 aromatic carbocycles. The Kier molecular flexibility index (Phi) is 5.61. The number of rotatable bonds is 5. The van der Waals surface area contributed by atoms with E-state index < -0.39 is 5.92 Å². The monoisotopic (exact) mass is 415 g/mol. The number of hydrogen-bond acceptors (Lipinski definition) is 3. The second-order valence-corrected chi connectivity index (χ2v) is 7.25. The van der Waals surface area contributed by atoms with Crippen LogP contribution in [0, 0.1) is 5.92 Å². The van der Waals surface area contributed by atoms with Crippen LogP contribution in [0.1, 0.15) is 13.3 Å². The number of anilines is 3.